The molecule has 2 aliphatic heterocycles. The topological polar surface area (TPSA) is 60.2 Å². The van der Waals surface area contributed by atoms with E-state index < -0.39 is 0 Å². The first-order chi connectivity index (χ1) is 8.42. The predicted molar refractivity (Wildman–Crippen MR) is 61.6 cm³/mol. The number of nitrogens with one attached hydrogen (secondary N) is 1. The van der Waals surface area contributed by atoms with Crippen molar-refractivity contribution in [1.82, 2.24) is 15.5 Å². The molecule has 3 rings (SSSR count). The fourth-order valence-corrected chi connectivity index (χ4v) is 2.56. The SMILES string of the molecule is C1CC[C@@H](c2nc(CC3CCCO3)no2)NC1. The Morgan fingerprint density at radius 1 is 1.24 bits per heavy atom. The molecule has 2 saturated heterocycles. The Morgan fingerprint density at radius 3 is 3.00 bits per heavy atom. The molecule has 0 aliphatic carbocycles. The van der Waals surface area contributed by atoms with Gasteiger partial charge in [-0.2, -0.15) is 4.98 Å². The van der Waals surface area contributed by atoms with Crippen LogP contribution in [0.1, 0.15) is 49.9 Å². The molecular weight excluding hydrogens is 218 g/mol. The molecule has 94 valence electrons. The highest BCUT2D eigenvalue weighted by molar-refractivity contribution is 4.95. The average molecular weight is 237 g/mol. The second kappa shape index (κ2) is 5.14. The largest absolute Gasteiger partial charge is 0.378 e. The standard InChI is InChI=1S/C12H19N3O2/c1-2-6-13-10(5-1)12-14-11(15-17-12)8-9-4-3-7-16-9/h9-10,13H,1-8H2/t9?,10-/m0/s1. The van der Waals surface area contributed by atoms with Gasteiger partial charge in [-0.25, -0.2) is 0 Å². The van der Waals surface area contributed by atoms with Crippen LogP contribution < -0.4 is 5.32 Å². The molecule has 0 saturated carbocycles. The molecule has 2 atom stereocenters. The number of piperidine rings is 1. The summed E-state index contributed by atoms with van der Waals surface area (Å²) in [5.74, 6) is 1.54. The summed E-state index contributed by atoms with van der Waals surface area (Å²) in [4.78, 5) is 4.48. The van der Waals surface area contributed by atoms with Crippen LogP contribution in [0.3, 0.4) is 0 Å². The van der Waals surface area contributed by atoms with Crippen LogP contribution in [-0.4, -0.2) is 29.4 Å². The van der Waals surface area contributed by atoms with Crippen LogP contribution in [0.2, 0.25) is 0 Å². The van der Waals surface area contributed by atoms with Gasteiger partial charge in [0.2, 0.25) is 5.89 Å². The van der Waals surface area contributed by atoms with Crippen LogP contribution in [0.4, 0.5) is 0 Å². The van der Waals surface area contributed by atoms with E-state index in [0.29, 0.717) is 6.10 Å². The second-order valence-electron chi connectivity index (χ2n) is 4.89. The van der Waals surface area contributed by atoms with E-state index in [1.807, 2.05) is 0 Å². The van der Waals surface area contributed by atoms with Gasteiger partial charge in [0.15, 0.2) is 5.82 Å². The molecule has 1 unspecified atom stereocenters. The van der Waals surface area contributed by atoms with Gasteiger partial charge < -0.3 is 14.6 Å². The molecular formula is C12H19N3O2. The molecule has 0 spiro atoms. The highest BCUT2D eigenvalue weighted by atomic mass is 16.5. The smallest absolute Gasteiger partial charge is 0.243 e. The summed E-state index contributed by atoms with van der Waals surface area (Å²) in [7, 11) is 0. The Kier molecular flexibility index (Phi) is 3.38. The fourth-order valence-electron chi connectivity index (χ4n) is 2.56. The summed E-state index contributed by atoms with van der Waals surface area (Å²) < 4.78 is 10.9. The number of aromatic nitrogens is 2. The lowest BCUT2D eigenvalue weighted by molar-refractivity contribution is 0.109. The summed E-state index contributed by atoms with van der Waals surface area (Å²) in [6.45, 7) is 1.92. The third kappa shape index (κ3) is 2.66. The minimum Gasteiger partial charge on any atom is -0.378 e. The van der Waals surface area contributed by atoms with Crippen LogP contribution in [0, 0.1) is 0 Å². The minimum atomic E-state index is 0.259. The van der Waals surface area contributed by atoms with Gasteiger partial charge in [0.1, 0.15) is 0 Å². The van der Waals surface area contributed by atoms with Crippen LogP contribution in [0.5, 0.6) is 0 Å². The minimum absolute atomic E-state index is 0.259. The molecule has 3 heterocycles. The number of hydrogen-bond acceptors (Lipinski definition) is 5. The van der Waals surface area contributed by atoms with Crippen LogP contribution in [0.15, 0.2) is 4.52 Å². The Bertz CT molecular complexity index is 354. The predicted octanol–water partition coefficient (Wildman–Crippen LogP) is 1.61. The molecule has 0 bridgehead atoms. The van der Waals surface area contributed by atoms with Crippen molar-refractivity contribution in [1.29, 1.82) is 0 Å². The third-order valence-corrected chi connectivity index (χ3v) is 3.53. The summed E-state index contributed by atoms with van der Waals surface area (Å²) in [6.07, 6.45) is 6.93. The van der Waals surface area contributed by atoms with Gasteiger partial charge in [0.25, 0.3) is 0 Å². The van der Waals surface area contributed by atoms with Gasteiger partial charge in [0, 0.05) is 13.0 Å². The van der Waals surface area contributed by atoms with Crippen molar-refractivity contribution < 1.29 is 9.26 Å². The van der Waals surface area contributed by atoms with Crippen molar-refractivity contribution in [3.63, 3.8) is 0 Å². The van der Waals surface area contributed by atoms with E-state index in [-0.39, 0.29) is 6.04 Å². The van der Waals surface area contributed by atoms with Crippen molar-refractivity contribution in [2.24, 2.45) is 0 Å². The molecule has 0 aromatic carbocycles. The van der Waals surface area contributed by atoms with Crippen molar-refractivity contribution in [3.8, 4) is 0 Å². The van der Waals surface area contributed by atoms with Gasteiger partial charge >= 0.3 is 0 Å². The Morgan fingerprint density at radius 2 is 2.24 bits per heavy atom. The quantitative estimate of drug-likeness (QED) is 0.865. The zero-order valence-electron chi connectivity index (χ0n) is 10.0. The van der Waals surface area contributed by atoms with Gasteiger partial charge in [0.05, 0.1) is 12.1 Å². The summed E-state index contributed by atoms with van der Waals surface area (Å²) in [5.41, 5.74) is 0. The van der Waals surface area contributed by atoms with E-state index in [9.17, 15) is 0 Å². The monoisotopic (exact) mass is 237 g/mol. The Labute approximate surface area is 101 Å². The normalized spacial score (nSPS) is 29.6. The highest BCUT2D eigenvalue weighted by Gasteiger charge is 2.23. The lowest BCUT2D eigenvalue weighted by atomic mass is 10.1. The fraction of sp³-hybridized carbons (Fsp3) is 0.833. The maximum atomic E-state index is 5.57. The van der Waals surface area contributed by atoms with E-state index in [1.165, 1.54) is 12.8 Å². The molecule has 1 N–H and O–H groups in total. The van der Waals surface area contributed by atoms with Gasteiger partial charge in [-0.15, -0.1) is 0 Å². The third-order valence-electron chi connectivity index (χ3n) is 3.53. The number of ether oxygens (including phenoxy) is 1. The molecule has 0 radical (unpaired) electrons. The van der Waals surface area contributed by atoms with E-state index >= 15 is 0 Å². The van der Waals surface area contributed by atoms with Gasteiger partial charge in [-0.1, -0.05) is 11.6 Å². The number of nitrogens with zero attached hydrogens (tertiary/aromatic N) is 2. The van der Waals surface area contributed by atoms with Crippen LogP contribution in [0.25, 0.3) is 0 Å². The van der Waals surface area contributed by atoms with E-state index in [2.05, 4.69) is 15.5 Å². The molecule has 5 nitrogen and oxygen atoms in total. The number of rotatable bonds is 3. The maximum Gasteiger partial charge on any atom is 0.243 e. The molecule has 1 aromatic heterocycles. The highest BCUT2D eigenvalue weighted by Crippen LogP contribution is 2.22. The summed E-state index contributed by atoms with van der Waals surface area (Å²) in [6, 6.07) is 0.259. The second-order valence-corrected chi connectivity index (χ2v) is 4.89. The first-order valence-electron chi connectivity index (χ1n) is 6.59. The van der Waals surface area contributed by atoms with Crippen molar-refractivity contribution in [2.75, 3.05) is 13.2 Å². The van der Waals surface area contributed by atoms with E-state index in [1.54, 1.807) is 0 Å². The van der Waals surface area contributed by atoms with Gasteiger partial charge in [-0.05, 0) is 32.2 Å². The first-order valence-corrected chi connectivity index (χ1v) is 6.59. The lowest BCUT2D eigenvalue weighted by Gasteiger charge is -2.19. The molecule has 2 fully saturated rings. The number of hydrogen-bond donors (Lipinski definition) is 1. The molecule has 1 aromatic rings. The van der Waals surface area contributed by atoms with E-state index in [0.717, 1.165) is 50.6 Å². The summed E-state index contributed by atoms with van der Waals surface area (Å²) in [5, 5.41) is 7.46. The van der Waals surface area contributed by atoms with E-state index in [4.69, 9.17) is 9.26 Å². The zero-order chi connectivity index (χ0) is 11.5. The zero-order valence-corrected chi connectivity index (χ0v) is 10.0. The van der Waals surface area contributed by atoms with Crippen molar-refractivity contribution in [2.45, 2.75) is 50.7 Å². The lowest BCUT2D eigenvalue weighted by Crippen LogP contribution is -2.27. The Hall–Kier alpha value is -0.940. The van der Waals surface area contributed by atoms with Gasteiger partial charge in [-0.3, -0.25) is 0 Å². The molecule has 5 heteroatoms. The Balaban J connectivity index is 1.60. The molecule has 17 heavy (non-hydrogen) atoms. The van der Waals surface area contributed by atoms with Crippen molar-refractivity contribution >= 4 is 0 Å². The summed E-state index contributed by atoms with van der Waals surface area (Å²) >= 11 is 0. The van der Waals surface area contributed by atoms with Crippen LogP contribution >= 0.6 is 0 Å². The van der Waals surface area contributed by atoms with Crippen molar-refractivity contribution in [3.05, 3.63) is 11.7 Å². The van der Waals surface area contributed by atoms with Crippen LogP contribution in [-0.2, 0) is 11.2 Å². The molecule has 2 aliphatic rings. The average Bonchev–Trinajstić information content (AvgIpc) is 3.02. The molecule has 0 amide bonds. The maximum absolute atomic E-state index is 5.57. The first kappa shape index (κ1) is 11.2.